The minimum Gasteiger partial charge on any atom is -0.451 e. The zero-order valence-corrected chi connectivity index (χ0v) is 13.5. The quantitative estimate of drug-likeness (QED) is 0.831. The van der Waals surface area contributed by atoms with E-state index in [0.29, 0.717) is 5.76 Å². The fourth-order valence-electron chi connectivity index (χ4n) is 1.92. The zero-order valence-electron chi connectivity index (χ0n) is 12.7. The minimum absolute atomic E-state index is 0.180. The van der Waals surface area contributed by atoms with Crippen molar-refractivity contribution in [3.05, 3.63) is 42.2 Å². The average molecular weight is 318 g/mol. The van der Waals surface area contributed by atoms with Crippen molar-refractivity contribution in [3.8, 4) is 11.3 Å². The smallest absolute Gasteiger partial charge is 0.287 e. The first-order valence-corrected chi connectivity index (χ1v) is 8.04. The second kappa shape index (κ2) is 7.17. The number of carbonyl (C=O) groups is 2. The SMILES string of the molecule is CNC(=O)[C@H](C)NC(=O)c1ccc(-c2ccc(SC)cc2)o1. The van der Waals surface area contributed by atoms with Crippen LogP contribution in [0.3, 0.4) is 0 Å². The zero-order chi connectivity index (χ0) is 16.1. The second-order valence-electron chi connectivity index (χ2n) is 4.70. The Hall–Kier alpha value is -2.21. The van der Waals surface area contributed by atoms with Gasteiger partial charge < -0.3 is 15.1 Å². The number of rotatable bonds is 5. The molecule has 1 aromatic heterocycles. The molecule has 2 amide bonds. The second-order valence-corrected chi connectivity index (χ2v) is 5.58. The Kier molecular flexibility index (Phi) is 5.27. The van der Waals surface area contributed by atoms with Crippen LogP contribution in [0.5, 0.6) is 0 Å². The van der Waals surface area contributed by atoms with Crippen LogP contribution >= 0.6 is 11.8 Å². The van der Waals surface area contributed by atoms with E-state index in [0.717, 1.165) is 10.5 Å². The number of likely N-dealkylation sites (N-methyl/N-ethyl adjacent to an activating group) is 1. The summed E-state index contributed by atoms with van der Waals surface area (Å²) in [7, 11) is 1.52. The topological polar surface area (TPSA) is 71.3 Å². The number of thioether (sulfide) groups is 1. The van der Waals surface area contributed by atoms with Crippen molar-refractivity contribution < 1.29 is 14.0 Å². The predicted octanol–water partition coefficient (Wildman–Crippen LogP) is 2.53. The molecule has 0 aliphatic rings. The maximum absolute atomic E-state index is 12.0. The van der Waals surface area contributed by atoms with E-state index in [-0.39, 0.29) is 11.7 Å². The van der Waals surface area contributed by atoms with Gasteiger partial charge in [0.2, 0.25) is 5.91 Å². The van der Waals surface area contributed by atoms with Crippen LogP contribution in [0.15, 0.2) is 45.7 Å². The number of carbonyl (C=O) groups excluding carboxylic acids is 2. The van der Waals surface area contributed by atoms with Crippen LogP contribution in [0, 0.1) is 0 Å². The molecule has 2 aromatic rings. The van der Waals surface area contributed by atoms with E-state index in [2.05, 4.69) is 10.6 Å². The Bertz CT molecular complexity index is 664. The van der Waals surface area contributed by atoms with E-state index >= 15 is 0 Å². The lowest BCUT2D eigenvalue weighted by Crippen LogP contribution is -2.43. The van der Waals surface area contributed by atoms with Gasteiger partial charge in [-0.05, 0) is 37.4 Å². The highest BCUT2D eigenvalue weighted by Crippen LogP contribution is 2.24. The molecular weight excluding hydrogens is 300 g/mol. The van der Waals surface area contributed by atoms with Crippen molar-refractivity contribution in [2.75, 3.05) is 13.3 Å². The van der Waals surface area contributed by atoms with E-state index in [1.165, 1.54) is 7.05 Å². The van der Waals surface area contributed by atoms with Gasteiger partial charge in [-0.3, -0.25) is 9.59 Å². The van der Waals surface area contributed by atoms with Gasteiger partial charge in [-0.2, -0.15) is 0 Å². The summed E-state index contributed by atoms with van der Waals surface area (Å²) in [6.45, 7) is 1.61. The minimum atomic E-state index is -0.619. The van der Waals surface area contributed by atoms with Crippen molar-refractivity contribution in [2.45, 2.75) is 17.9 Å². The lowest BCUT2D eigenvalue weighted by Gasteiger charge is -2.10. The fourth-order valence-corrected chi connectivity index (χ4v) is 2.33. The highest BCUT2D eigenvalue weighted by Gasteiger charge is 2.18. The van der Waals surface area contributed by atoms with Gasteiger partial charge >= 0.3 is 0 Å². The Morgan fingerprint density at radius 2 is 1.82 bits per heavy atom. The molecule has 5 nitrogen and oxygen atoms in total. The predicted molar refractivity (Wildman–Crippen MR) is 86.9 cm³/mol. The van der Waals surface area contributed by atoms with E-state index in [9.17, 15) is 9.59 Å². The Balaban J connectivity index is 2.10. The maximum Gasteiger partial charge on any atom is 0.287 e. The summed E-state index contributed by atoms with van der Waals surface area (Å²) in [6.07, 6.45) is 2.01. The molecule has 0 aliphatic heterocycles. The van der Waals surface area contributed by atoms with Crippen LogP contribution in [0.2, 0.25) is 0 Å². The van der Waals surface area contributed by atoms with Crippen LogP contribution < -0.4 is 10.6 Å². The number of nitrogens with one attached hydrogen (secondary N) is 2. The first kappa shape index (κ1) is 16.2. The summed E-state index contributed by atoms with van der Waals surface area (Å²) < 4.78 is 5.57. The lowest BCUT2D eigenvalue weighted by atomic mass is 10.2. The number of furan rings is 1. The van der Waals surface area contributed by atoms with E-state index in [4.69, 9.17) is 4.42 Å². The largest absolute Gasteiger partial charge is 0.451 e. The highest BCUT2D eigenvalue weighted by atomic mass is 32.2. The fraction of sp³-hybridized carbons (Fsp3) is 0.250. The van der Waals surface area contributed by atoms with Gasteiger partial charge in [0.1, 0.15) is 11.8 Å². The molecule has 2 rings (SSSR count). The Labute approximate surface area is 133 Å². The van der Waals surface area contributed by atoms with Crippen molar-refractivity contribution >= 4 is 23.6 Å². The van der Waals surface area contributed by atoms with Crippen LogP contribution in [0.4, 0.5) is 0 Å². The van der Waals surface area contributed by atoms with Crippen molar-refractivity contribution in [1.82, 2.24) is 10.6 Å². The molecule has 2 N–H and O–H groups in total. The summed E-state index contributed by atoms with van der Waals surface area (Å²) in [5.41, 5.74) is 0.899. The summed E-state index contributed by atoms with van der Waals surface area (Å²) >= 11 is 1.66. The molecule has 0 radical (unpaired) electrons. The van der Waals surface area contributed by atoms with E-state index in [1.54, 1.807) is 30.8 Å². The van der Waals surface area contributed by atoms with Crippen LogP contribution in [0.25, 0.3) is 11.3 Å². The third-order valence-electron chi connectivity index (χ3n) is 3.19. The van der Waals surface area contributed by atoms with Gasteiger partial charge in [0, 0.05) is 17.5 Å². The number of hydrogen-bond acceptors (Lipinski definition) is 4. The Morgan fingerprint density at radius 3 is 2.41 bits per heavy atom. The molecule has 0 aliphatic carbocycles. The first-order chi connectivity index (χ1) is 10.5. The molecule has 0 spiro atoms. The summed E-state index contributed by atoms with van der Waals surface area (Å²) in [4.78, 5) is 24.6. The van der Waals surface area contributed by atoms with Gasteiger partial charge in [0.15, 0.2) is 5.76 Å². The van der Waals surface area contributed by atoms with Gasteiger partial charge in [-0.15, -0.1) is 11.8 Å². The molecule has 0 saturated heterocycles. The van der Waals surface area contributed by atoms with Crippen molar-refractivity contribution in [1.29, 1.82) is 0 Å². The lowest BCUT2D eigenvalue weighted by molar-refractivity contribution is -0.122. The standard InChI is InChI=1S/C16H18N2O3S/c1-10(15(19)17-2)18-16(20)14-9-8-13(21-14)11-4-6-12(22-3)7-5-11/h4-10H,1-3H3,(H,17,19)(H,18,20)/t10-/m0/s1. The molecule has 22 heavy (non-hydrogen) atoms. The molecule has 1 atom stereocenters. The molecule has 0 unspecified atom stereocenters. The molecule has 0 bridgehead atoms. The van der Waals surface area contributed by atoms with Crippen LogP contribution in [0.1, 0.15) is 17.5 Å². The molecule has 0 saturated carbocycles. The summed E-state index contributed by atoms with van der Waals surface area (Å²) in [5.74, 6) is 0.126. The molecule has 116 valence electrons. The van der Waals surface area contributed by atoms with Crippen LogP contribution in [-0.2, 0) is 4.79 Å². The maximum atomic E-state index is 12.0. The van der Waals surface area contributed by atoms with Gasteiger partial charge in [0.25, 0.3) is 5.91 Å². The molecule has 6 heteroatoms. The summed E-state index contributed by atoms with van der Waals surface area (Å²) in [6, 6.07) is 10.6. The molecule has 1 aromatic carbocycles. The summed E-state index contributed by atoms with van der Waals surface area (Å²) in [5, 5.41) is 5.06. The van der Waals surface area contributed by atoms with Gasteiger partial charge in [0.05, 0.1) is 0 Å². The van der Waals surface area contributed by atoms with Crippen molar-refractivity contribution in [3.63, 3.8) is 0 Å². The Morgan fingerprint density at radius 1 is 1.14 bits per heavy atom. The van der Waals surface area contributed by atoms with E-state index < -0.39 is 11.9 Å². The van der Waals surface area contributed by atoms with Crippen LogP contribution in [-0.4, -0.2) is 31.2 Å². The third kappa shape index (κ3) is 3.71. The molecule has 0 fully saturated rings. The number of amides is 2. The first-order valence-electron chi connectivity index (χ1n) is 6.82. The van der Waals surface area contributed by atoms with E-state index in [1.807, 2.05) is 30.5 Å². The molecule has 1 heterocycles. The normalized spacial score (nSPS) is 11.8. The third-order valence-corrected chi connectivity index (χ3v) is 3.94. The number of benzene rings is 1. The van der Waals surface area contributed by atoms with Gasteiger partial charge in [-0.25, -0.2) is 0 Å². The average Bonchev–Trinajstić information content (AvgIpc) is 3.04. The van der Waals surface area contributed by atoms with Gasteiger partial charge in [-0.1, -0.05) is 12.1 Å². The number of hydrogen-bond donors (Lipinski definition) is 2. The van der Waals surface area contributed by atoms with Crippen molar-refractivity contribution in [2.24, 2.45) is 0 Å². The monoisotopic (exact) mass is 318 g/mol. The highest BCUT2D eigenvalue weighted by molar-refractivity contribution is 7.98. The molecular formula is C16H18N2O3S.